The van der Waals surface area contributed by atoms with Crippen molar-refractivity contribution < 1.29 is 0 Å². The minimum absolute atomic E-state index is 0.675. The molecule has 0 saturated carbocycles. The maximum absolute atomic E-state index is 4.65. The van der Waals surface area contributed by atoms with Crippen molar-refractivity contribution >= 4 is 33.2 Å². The predicted octanol–water partition coefficient (Wildman–Crippen LogP) is 3.74. The number of rotatable bonds is 2. The second kappa shape index (κ2) is 5.05. The first kappa shape index (κ1) is 13.7. The largest absolute Gasteiger partial charge is 0.340 e. The van der Waals surface area contributed by atoms with E-state index >= 15 is 0 Å². The van der Waals surface area contributed by atoms with Gasteiger partial charge in [0.25, 0.3) is 5.78 Å². The summed E-state index contributed by atoms with van der Waals surface area (Å²) in [6.07, 6.45) is 3.20. The fourth-order valence-corrected chi connectivity index (χ4v) is 3.22. The number of nitrogens with zero attached hydrogens (tertiary/aromatic N) is 4. The highest BCUT2D eigenvalue weighted by molar-refractivity contribution is 9.10. The highest BCUT2D eigenvalue weighted by atomic mass is 79.9. The van der Waals surface area contributed by atoms with E-state index in [1.807, 2.05) is 11.4 Å². The molecule has 0 radical (unpaired) electrons. The summed E-state index contributed by atoms with van der Waals surface area (Å²) in [5, 5.41) is 8.03. The minimum Gasteiger partial charge on any atom is -0.340 e. The molecule has 6 heteroatoms. The number of halogens is 1. The van der Waals surface area contributed by atoms with Gasteiger partial charge in [-0.25, -0.2) is 4.98 Å². The molecule has 0 bridgehead atoms. The predicted molar refractivity (Wildman–Crippen MR) is 89.7 cm³/mol. The third kappa shape index (κ3) is 2.18. The molecule has 3 aromatic rings. The summed E-state index contributed by atoms with van der Waals surface area (Å²) in [5.74, 6) is 2.42. The van der Waals surface area contributed by atoms with E-state index in [0.717, 1.165) is 46.8 Å². The summed E-state index contributed by atoms with van der Waals surface area (Å²) in [6.45, 7) is 3.98. The van der Waals surface area contributed by atoms with Crippen LogP contribution in [0.5, 0.6) is 0 Å². The monoisotopic (exact) mass is 357 g/mol. The van der Waals surface area contributed by atoms with Crippen LogP contribution in [0.25, 0.3) is 5.78 Å². The molecule has 0 spiro atoms. The van der Waals surface area contributed by atoms with Crippen molar-refractivity contribution in [1.29, 1.82) is 0 Å². The van der Waals surface area contributed by atoms with Crippen molar-refractivity contribution in [3.05, 3.63) is 45.3 Å². The van der Waals surface area contributed by atoms with Crippen molar-refractivity contribution in [2.24, 2.45) is 0 Å². The van der Waals surface area contributed by atoms with Crippen molar-refractivity contribution in [1.82, 2.24) is 19.6 Å². The third-order valence-electron chi connectivity index (χ3n) is 4.04. The first-order chi connectivity index (χ1) is 10.6. The zero-order valence-electron chi connectivity index (χ0n) is 12.5. The second-order valence-corrected chi connectivity index (χ2v) is 6.55. The summed E-state index contributed by atoms with van der Waals surface area (Å²) < 4.78 is 2.94. The van der Waals surface area contributed by atoms with Crippen LogP contribution in [0.1, 0.15) is 29.1 Å². The van der Waals surface area contributed by atoms with Crippen LogP contribution < -0.4 is 5.32 Å². The molecule has 0 saturated heterocycles. The first-order valence-electron chi connectivity index (χ1n) is 7.40. The molecule has 112 valence electrons. The van der Waals surface area contributed by atoms with Gasteiger partial charge in [-0.05, 0) is 56.9 Å². The Balaban J connectivity index is 1.87. The fraction of sp³-hybridized carbons (Fsp3) is 0.312. The van der Waals surface area contributed by atoms with Crippen molar-refractivity contribution in [2.45, 2.75) is 33.1 Å². The summed E-state index contributed by atoms with van der Waals surface area (Å²) in [6, 6.07) is 6.25. The Bertz CT molecular complexity index is 884. The van der Waals surface area contributed by atoms with Crippen LogP contribution in [-0.4, -0.2) is 19.6 Å². The summed E-state index contributed by atoms with van der Waals surface area (Å²) in [7, 11) is 0. The Labute approximate surface area is 136 Å². The zero-order chi connectivity index (χ0) is 15.3. The van der Waals surface area contributed by atoms with E-state index in [2.05, 4.69) is 61.4 Å². The average molecular weight is 358 g/mol. The molecule has 0 atom stereocenters. The minimum atomic E-state index is 0.675. The van der Waals surface area contributed by atoms with Gasteiger partial charge in [0, 0.05) is 15.7 Å². The van der Waals surface area contributed by atoms with Gasteiger partial charge in [-0.2, -0.15) is 9.50 Å². The van der Waals surface area contributed by atoms with Crippen LogP contribution in [0, 0.1) is 13.8 Å². The first-order valence-corrected chi connectivity index (χ1v) is 8.19. The van der Waals surface area contributed by atoms with E-state index in [4.69, 9.17) is 0 Å². The van der Waals surface area contributed by atoms with Gasteiger partial charge in [-0.1, -0.05) is 15.9 Å². The number of benzene rings is 1. The van der Waals surface area contributed by atoms with Gasteiger partial charge in [0.05, 0.1) is 5.69 Å². The topological polar surface area (TPSA) is 55.1 Å². The van der Waals surface area contributed by atoms with Crippen LogP contribution in [0.15, 0.2) is 22.7 Å². The number of aromatic nitrogens is 4. The summed E-state index contributed by atoms with van der Waals surface area (Å²) in [5.41, 5.74) is 4.66. The second-order valence-electron chi connectivity index (χ2n) is 5.70. The molecule has 2 heterocycles. The lowest BCUT2D eigenvalue weighted by atomic mass is 10.2. The molecule has 0 unspecified atom stereocenters. The van der Waals surface area contributed by atoms with Crippen molar-refractivity contribution in [3.63, 3.8) is 0 Å². The van der Waals surface area contributed by atoms with Crippen LogP contribution >= 0.6 is 15.9 Å². The number of nitrogens with one attached hydrogen (secondary N) is 1. The molecular weight excluding hydrogens is 342 g/mol. The maximum atomic E-state index is 4.65. The highest BCUT2D eigenvalue weighted by Gasteiger charge is 2.21. The van der Waals surface area contributed by atoms with E-state index < -0.39 is 0 Å². The van der Waals surface area contributed by atoms with Gasteiger partial charge in [-0.3, -0.25) is 0 Å². The Kier molecular flexibility index (Phi) is 3.14. The smallest absolute Gasteiger partial charge is 0.254 e. The number of aryl methyl sites for hydroxylation is 3. The van der Waals surface area contributed by atoms with Gasteiger partial charge >= 0.3 is 0 Å². The van der Waals surface area contributed by atoms with Crippen molar-refractivity contribution in [2.75, 3.05) is 5.32 Å². The van der Waals surface area contributed by atoms with E-state index in [1.165, 1.54) is 11.1 Å². The molecule has 2 aromatic heterocycles. The molecule has 1 aromatic carbocycles. The lowest BCUT2D eigenvalue weighted by Crippen LogP contribution is -2.07. The van der Waals surface area contributed by atoms with Gasteiger partial charge in [0.15, 0.2) is 0 Å². The van der Waals surface area contributed by atoms with Gasteiger partial charge in [-0.15, -0.1) is 5.10 Å². The Morgan fingerprint density at radius 1 is 1.18 bits per heavy atom. The van der Waals surface area contributed by atoms with Crippen LogP contribution in [-0.2, 0) is 12.8 Å². The van der Waals surface area contributed by atoms with Crippen LogP contribution in [0.4, 0.5) is 11.5 Å². The molecule has 5 nitrogen and oxygen atoms in total. The lowest BCUT2D eigenvalue weighted by molar-refractivity contribution is 0.899. The molecule has 1 aliphatic rings. The summed E-state index contributed by atoms with van der Waals surface area (Å²) >= 11 is 3.54. The van der Waals surface area contributed by atoms with Crippen LogP contribution in [0.3, 0.4) is 0 Å². The molecule has 1 N–H and O–H groups in total. The molecule has 0 fully saturated rings. The fourth-order valence-electron chi connectivity index (χ4n) is 2.97. The van der Waals surface area contributed by atoms with Gasteiger partial charge in [0.2, 0.25) is 0 Å². The molecule has 22 heavy (non-hydrogen) atoms. The van der Waals surface area contributed by atoms with Gasteiger partial charge < -0.3 is 5.32 Å². The molecule has 1 aliphatic carbocycles. The standard InChI is InChI=1S/C16H16BrN5/c1-9-8-11(6-7-13(9)17)19-15-12-4-3-5-14(12)20-16-18-10(2)21-22(15)16/h6-8,19H,3-5H2,1-2H3. The Morgan fingerprint density at radius 2 is 2.05 bits per heavy atom. The van der Waals surface area contributed by atoms with E-state index in [9.17, 15) is 0 Å². The van der Waals surface area contributed by atoms with E-state index in [-0.39, 0.29) is 0 Å². The lowest BCUT2D eigenvalue weighted by Gasteiger charge is -2.13. The highest BCUT2D eigenvalue weighted by Crippen LogP contribution is 2.31. The Hall–Kier alpha value is -1.95. The SMILES string of the molecule is Cc1nc2nc3c(c(Nc4ccc(Br)c(C)c4)n2n1)CCC3. The quantitative estimate of drug-likeness (QED) is 0.758. The molecular formula is C16H16BrN5. The van der Waals surface area contributed by atoms with Crippen LogP contribution in [0.2, 0.25) is 0 Å². The number of hydrogen-bond acceptors (Lipinski definition) is 4. The maximum Gasteiger partial charge on any atom is 0.254 e. The molecule has 0 aliphatic heterocycles. The van der Waals surface area contributed by atoms with E-state index in [0.29, 0.717) is 5.78 Å². The molecule has 0 amide bonds. The molecule has 4 rings (SSSR count). The average Bonchev–Trinajstić information content (AvgIpc) is 3.08. The normalized spacial score (nSPS) is 13.6. The number of fused-ring (bicyclic) bond motifs is 2. The summed E-state index contributed by atoms with van der Waals surface area (Å²) in [4.78, 5) is 9.07. The zero-order valence-corrected chi connectivity index (χ0v) is 14.1. The van der Waals surface area contributed by atoms with Crippen molar-refractivity contribution in [3.8, 4) is 0 Å². The number of hydrogen-bond donors (Lipinski definition) is 1. The third-order valence-corrected chi connectivity index (χ3v) is 4.93. The Morgan fingerprint density at radius 3 is 2.86 bits per heavy atom. The van der Waals surface area contributed by atoms with Gasteiger partial charge in [0.1, 0.15) is 11.6 Å². The number of anilines is 2. The van der Waals surface area contributed by atoms with E-state index in [1.54, 1.807) is 0 Å².